The maximum atomic E-state index is 12.2. The number of amides is 1. The SMILES string of the molecule is CC(C)C[C@H]1CN(CC23CC4CC(CC(C4)C2)C3)C(=O)O1. The Morgan fingerprint density at radius 2 is 1.71 bits per heavy atom. The summed E-state index contributed by atoms with van der Waals surface area (Å²) in [4.78, 5) is 14.2. The Balaban J connectivity index is 1.43. The van der Waals surface area contributed by atoms with Crippen LogP contribution in [0.15, 0.2) is 0 Å². The lowest BCUT2D eigenvalue weighted by atomic mass is 9.49. The zero-order valence-corrected chi connectivity index (χ0v) is 13.5. The van der Waals surface area contributed by atoms with Crippen molar-refractivity contribution in [2.75, 3.05) is 13.1 Å². The van der Waals surface area contributed by atoms with Crippen molar-refractivity contribution in [3.63, 3.8) is 0 Å². The predicted octanol–water partition coefficient (Wildman–Crippen LogP) is 4.07. The first-order valence-corrected chi connectivity index (χ1v) is 8.97. The van der Waals surface area contributed by atoms with E-state index in [-0.39, 0.29) is 12.2 Å². The van der Waals surface area contributed by atoms with Crippen LogP contribution < -0.4 is 0 Å². The highest BCUT2D eigenvalue weighted by atomic mass is 16.6. The molecule has 118 valence electrons. The fraction of sp³-hybridized carbons (Fsp3) is 0.944. The molecule has 3 nitrogen and oxygen atoms in total. The first-order valence-electron chi connectivity index (χ1n) is 8.97. The van der Waals surface area contributed by atoms with Crippen LogP contribution in [0.4, 0.5) is 4.79 Å². The normalized spacial score (nSPS) is 44.7. The maximum Gasteiger partial charge on any atom is 0.410 e. The summed E-state index contributed by atoms with van der Waals surface area (Å²) in [5, 5.41) is 0. The van der Waals surface area contributed by atoms with E-state index in [1.165, 1.54) is 38.5 Å². The second-order valence-corrected chi connectivity index (χ2v) is 8.93. The molecule has 0 aromatic heterocycles. The molecule has 1 heterocycles. The maximum absolute atomic E-state index is 12.2. The Morgan fingerprint density at radius 3 is 2.24 bits per heavy atom. The number of nitrogens with zero attached hydrogens (tertiary/aromatic N) is 1. The van der Waals surface area contributed by atoms with Crippen LogP contribution in [-0.2, 0) is 4.74 Å². The van der Waals surface area contributed by atoms with Crippen LogP contribution in [0.3, 0.4) is 0 Å². The lowest BCUT2D eigenvalue weighted by molar-refractivity contribution is -0.0627. The lowest BCUT2D eigenvalue weighted by Gasteiger charge is -2.57. The third-order valence-electron chi connectivity index (χ3n) is 6.38. The molecule has 1 atom stereocenters. The van der Waals surface area contributed by atoms with Gasteiger partial charge in [-0.25, -0.2) is 4.79 Å². The second kappa shape index (κ2) is 4.89. The lowest BCUT2D eigenvalue weighted by Crippen LogP contribution is -2.51. The van der Waals surface area contributed by atoms with Crippen LogP contribution in [0.2, 0.25) is 0 Å². The van der Waals surface area contributed by atoms with E-state index in [1.54, 1.807) is 0 Å². The molecule has 1 aliphatic heterocycles. The molecule has 4 saturated carbocycles. The summed E-state index contributed by atoms with van der Waals surface area (Å²) in [5.74, 6) is 3.48. The van der Waals surface area contributed by atoms with E-state index in [4.69, 9.17) is 4.74 Å². The Labute approximate surface area is 128 Å². The molecule has 4 aliphatic carbocycles. The summed E-state index contributed by atoms with van der Waals surface area (Å²) in [6.07, 6.45) is 9.62. The number of hydrogen-bond acceptors (Lipinski definition) is 2. The van der Waals surface area contributed by atoms with Gasteiger partial charge in [-0.2, -0.15) is 0 Å². The molecule has 5 rings (SSSR count). The van der Waals surface area contributed by atoms with Gasteiger partial charge >= 0.3 is 6.09 Å². The Morgan fingerprint density at radius 1 is 1.14 bits per heavy atom. The molecule has 4 bridgehead atoms. The first-order chi connectivity index (χ1) is 10.0. The molecule has 0 aromatic carbocycles. The number of carbonyl (C=O) groups is 1. The number of hydrogen-bond donors (Lipinski definition) is 0. The summed E-state index contributed by atoms with van der Waals surface area (Å²) in [5.41, 5.74) is 0.445. The van der Waals surface area contributed by atoms with E-state index in [2.05, 4.69) is 13.8 Å². The van der Waals surface area contributed by atoms with Gasteiger partial charge in [0.2, 0.25) is 0 Å². The molecule has 0 radical (unpaired) electrons. The van der Waals surface area contributed by atoms with Gasteiger partial charge in [-0.3, -0.25) is 0 Å². The minimum Gasteiger partial charge on any atom is -0.444 e. The van der Waals surface area contributed by atoms with Gasteiger partial charge in [-0.15, -0.1) is 0 Å². The van der Waals surface area contributed by atoms with Crippen molar-refractivity contribution in [2.24, 2.45) is 29.1 Å². The molecule has 0 N–H and O–H groups in total. The minimum absolute atomic E-state index is 0.0450. The van der Waals surface area contributed by atoms with Gasteiger partial charge in [-0.1, -0.05) is 13.8 Å². The Hall–Kier alpha value is -0.730. The van der Waals surface area contributed by atoms with Crippen LogP contribution in [0.5, 0.6) is 0 Å². The van der Waals surface area contributed by atoms with E-state index in [9.17, 15) is 4.79 Å². The van der Waals surface area contributed by atoms with Crippen molar-refractivity contribution in [3.8, 4) is 0 Å². The molecule has 1 amide bonds. The zero-order chi connectivity index (χ0) is 14.6. The van der Waals surface area contributed by atoms with E-state index < -0.39 is 0 Å². The third kappa shape index (κ3) is 2.57. The van der Waals surface area contributed by atoms with E-state index >= 15 is 0 Å². The first kappa shape index (κ1) is 13.9. The Bertz CT molecular complexity index is 396. The van der Waals surface area contributed by atoms with E-state index in [0.29, 0.717) is 11.3 Å². The van der Waals surface area contributed by atoms with Crippen LogP contribution in [-0.4, -0.2) is 30.2 Å². The van der Waals surface area contributed by atoms with Gasteiger partial charge in [0.15, 0.2) is 0 Å². The standard InChI is InChI=1S/C18H29NO2/c1-12(2)3-16-10-19(17(20)21-16)11-18-7-13-4-14(8-18)6-15(5-13)9-18/h12-16H,3-11H2,1-2H3/t13?,14?,15?,16-,18?/m0/s1. The van der Waals surface area contributed by atoms with E-state index in [1.807, 2.05) is 4.90 Å². The smallest absolute Gasteiger partial charge is 0.410 e. The summed E-state index contributed by atoms with van der Waals surface area (Å²) >= 11 is 0. The van der Waals surface area contributed by atoms with Crippen LogP contribution >= 0.6 is 0 Å². The highest BCUT2D eigenvalue weighted by molar-refractivity contribution is 5.70. The molecule has 3 heteroatoms. The molecule has 0 spiro atoms. The summed E-state index contributed by atoms with van der Waals surface area (Å²) < 4.78 is 5.59. The third-order valence-corrected chi connectivity index (χ3v) is 6.38. The van der Waals surface area contributed by atoms with Crippen molar-refractivity contribution < 1.29 is 9.53 Å². The average Bonchev–Trinajstić information content (AvgIpc) is 2.65. The van der Waals surface area contributed by atoms with Crippen molar-refractivity contribution in [2.45, 2.75) is 64.9 Å². The van der Waals surface area contributed by atoms with Gasteiger partial charge < -0.3 is 9.64 Å². The zero-order valence-electron chi connectivity index (χ0n) is 13.5. The predicted molar refractivity (Wildman–Crippen MR) is 81.9 cm³/mol. The highest BCUT2D eigenvalue weighted by Gasteiger charge is 2.52. The summed E-state index contributed by atoms with van der Waals surface area (Å²) in [6, 6.07) is 0. The molecular weight excluding hydrogens is 262 g/mol. The van der Waals surface area contributed by atoms with Crippen LogP contribution in [0, 0.1) is 29.1 Å². The molecule has 1 saturated heterocycles. The van der Waals surface area contributed by atoms with Crippen LogP contribution in [0.25, 0.3) is 0 Å². The van der Waals surface area contributed by atoms with Gasteiger partial charge in [0.25, 0.3) is 0 Å². The molecule has 5 fully saturated rings. The highest BCUT2D eigenvalue weighted by Crippen LogP contribution is 2.60. The fourth-order valence-corrected chi connectivity index (χ4v) is 6.24. The fourth-order valence-electron chi connectivity index (χ4n) is 6.24. The Kier molecular flexibility index (Phi) is 3.24. The monoisotopic (exact) mass is 291 g/mol. The largest absolute Gasteiger partial charge is 0.444 e. The van der Waals surface area contributed by atoms with Crippen molar-refractivity contribution in [3.05, 3.63) is 0 Å². The number of carbonyl (C=O) groups excluding carboxylic acids is 1. The molecule has 0 aromatic rings. The molecular formula is C18H29NO2. The summed E-state index contributed by atoms with van der Waals surface area (Å²) in [7, 11) is 0. The summed E-state index contributed by atoms with van der Waals surface area (Å²) in [6.45, 7) is 6.22. The molecule has 0 unspecified atom stereocenters. The average molecular weight is 291 g/mol. The molecule has 21 heavy (non-hydrogen) atoms. The topological polar surface area (TPSA) is 29.5 Å². The minimum atomic E-state index is -0.0450. The van der Waals surface area contributed by atoms with Gasteiger partial charge in [0.05, 0.1) is 6.54 Å². The van der Waals surface area contributed by atoms with Crippen molar-refractivity contribution in [1.29, 1.82) is 0 Å². The van der Waals surface area contributed by atoms with Crippen LogP contribution in [0.1, 0.15) is 58.8 Å². The second-order valence-electron chi connectivity index (χ2n) is 8.93. The van der Waals surface area contributed by atoms with Crippen molar-refractivity contribution >= 4 is 6.09 Å². The molecule has 5 aliphatic rings. The number of rotatable bonds is 4. The van der Waals surface area contributed by atoms with Gasteiger partial charge in [-0.05, 0) is 74.0 Å². The number of ether oxygens (including phenoxy) is 1. The van der Waals surface area contributed by atoms with Gasteiger partial charge in [0, 0.05) is 6.54 Å². The van der Waals surface area contributed by atoms with E-state index in [0.717, 1.165) is 37.3 Å². The number of cyclic esters (lactones) is 1. The quantitative estimate of drug-likeness (QED) is 0.781. The van der Waals surface area contributed by atoms with Crippen molar-refractivity contribution in [1.82, 2.24) is 4.90 Å². The van der Waals surface area contributed by atoms with Gasteiger partial charge in [0.1, 0.15) is 6.10 Å².